The first-order chi connectivity index (χ1) is 13.1. The zero-order valence-electron chi connectivity index (χ0n) is 15.8. The van der Waals surface area contributed by atoms with Gasteiger partial charge < -0.3 is 15.2 Å². The first kappa shape index (κ1) is 21.7. The number of rotatable bonds is 6. The SMILES string of the molecule is Cc1nnc(CNC(=NCc2ccccc2)NCc2ncccc2F)n1C.I. The lowest BCUT2D eigenvalue weighted by Crippen LogP contribution is -2.37. The van der Waals surface area contributed by atoms with Crippen LogP contribution in [-0.2, 0) is 26.7 Å². The highest BCUT2D eigenvalue weighted by molar-refractivity contribution is 14.0. The highest BCUT2D eigenvalue weighted by Crippen LogP contribution is 2.03. The molecule has 0 spiro atoms. The maximum Gasteiger partial charge on any atom is 0.192 e. The van der Waals surface area contributed by atoms with Crippen LogP contribution in [0.15, 0.2) is 53.7 Å². The van der Waals surface area contributed by atoms with Gasteiger partial charge in [-0.2, -0.15) is 0 Å². The first-order valence-corrected chi connectivity index (χ1v) is 8.64. The summed E-state index contributed by atoms with van der Waals surface area (Å²) in [5, 5.41) is 14.5. The number of pyridine rings is 1. The highest BCUT2D eigenvalue weighted by Gasteiger charge is 2.08. The lowest BCUT2D eigenvalue weighted by atomic mass is 10.2. The van der Waals surface area contributed by atoms with Crippen molar-refractivity contribution in [1.29, 1.82) is 0 Å². The smallest absolute Gasteiger partial charge is 0.192 e. The third-order valence-electron chi connectivity index (χ3n) is 4.12. The number of benzene rings is 1. The van der Waals surface area contributed by atoms with E-state index in [2.05, 4.69) is 30.8 Å². The van der Waals surface area contributed by atoms with Gasteiger partial charge in [0.2, 0.25) is 0 Å². The molecule has 3 aromatic rings. The minimum atomic E-state index is -0.351. The van der Waals surface area contributed by atoms with Gasteiger partial charge in [0, 0.05) is 13.2 Å². The fourth-order valence-corrected chi connectivity index (χ4v) is 2.41. The summed E-state index contributed by atoms with van der Waals surface area (Å²) in [6.45, 7) is 3.07. The number of nitrogens with zero attached hydrogens (tertiary/aromatic N) is 5. The summed E-state index contributed by atoms with van der Waals surface area (Å²) in [7, 11) is 1.91. The summed E-state index contributed by atoms with van der Waals surface area (Å²) in [6.07, 6.45) is 1.57. The minimum Gasteiger partial charge on any atom is -0.351 e. The van der Waals surface area contributed by atoms with E-state index in [0.717, 1.165) is 17.2 Å². The Labute approximate surface area is 180 Å². The van der Waals surface area contributed by atoms with E-state index in [1.807, 2.05) is 48.9 Å². The summed E-state index contributed by atoms with van der Waals surface area (Å²) in [6, 6.07) is 12.9. The molecule has 1 aromatic carbocycles. The summed E-state index contributed by atoms with van der Waals surface area (Å²) in [4.78, 5) is 8.63. The standard InChI is InChI=1S/C19H22FN7.HI/c1-14-25-26-18(27(14)2)13-24-19(22-11-15-7-4-3-5-8-15)23-12-17-16(20)9-6-10-21-17;/h3-10H,11-13H2,1-2H3,(H2,22,23,24);1H. The molecule has 2 N–H and O–H groups in total. The van der Waals surface area contributed by atoms with Gasteiger partial charge in [-0.25, -0.2) is 9.38 Å². The summed E-state index contributed by atoms with van der Waals surface area (Å²) in [5.41, 5.74) is 1.42. The maximum absolute atomic E-state index is 13.8. The van der Waals surface area contributed by atoms with Crippen molar-refractivity contribution >= 4 is 29.9 Å². The van der Waals surface area contributed by atoms with Crippen molar-refractivity contribution in [3.63, 3.8) is 0 Å². The number of hydrogen-bond donors (Lipinski definition) is 2. The Balaban J connectivity index is 0.00000280. The Kier molecular flexibility index (Phi) is 8.30. The Morgan fingerprint density at radius 1 is 1.07 bits per heavy atom. The van der Waals surface area contributed by atoms with Gasteiger partial charge in [-0.1, -0.05) is 30.3 Å². The number of hydrogen-bond acceptors (Lipinski definition) is 4. The van der Waals surface area contributed by atoms with Gasteiger partial charge in [0.25, 0.3) is 0 Å². The van der Waals surface area contributed by atoms with Crippen LogP contribution < -0.4 is 10.6 Å². The predicted molar refractivity (Wildman–Crippen MR) is 117 cm³/mol. The normalized spacial score (nSPS) is 11.0. The van der Waals surface area contributed by atoms with E-state index in [-0.39, 0.29) is 36.3 Å². The maximum atomic E-state index is 13.8. The summed E-state index contributed by atoms with van der Waals surface area (Å²) < 4.78 is 15.7. The third kappa shape index (κ3) is 5.98. The van der Waals surface area contributed by atoms with E-state index < -0.39 is 0 Å². The molecule has 9 heteroatoms. The minimum absolute atomic E-state index is 0. The van der Waals surface area contributed by atoms with Gasteiger partial charge >= 0.3 is 0 Å². The number of aromatic nitrogens is 4. The van der Waals surface area contributed by atoms with Crippen LogP contribution in [0.5, 0.6) is 0 Å². The van der Waals surface area contributed by atoms with Crippen LogP contribution in [0, 0.1) is 12.7 Å². The molecule has 0 unspecified atom stereocenters. The molecule has 0 bridgehead atoms. The molecule has 0 amide bonds. The van der Waals surface area contributed by atoms with Crippen LogP contribution in [0.1, 0.15) is 22.9 Å². The van der Waals surface area contributed by atoms with E-state index in [1.54, 1.807) is 12.3 Å². The van der Waals surface area contributed by atoms with Crippen LogP contribution in [0.2, 0.25) is 0 Å². The first-order valence-electron chi connectivity index (χ1n) is 8.64. The molecule has 0 fully saturated rings. The molecular formula is C19H23FIN7. The Morgan fingerprint density at radius 3 is 2.50 bits per heavy atom. The molecule has 0 aliphatic heterocycles. The van der Waals surface area contributed by atoms with Gasteiger partial charge in [0.1, 0.15) is 11.6 Å². The van der Waals surface area contributed by atoms with E-state index >= 15 is 0 Å². The fraction of sp³-hybridized carbons (Fsp3) is 0.263. The Hall–Kier alpha value is -2.56. The number of guanidine groups is 1. The van der Waals surface area contributed by atoms with Crippen LogP contribution in [-0.4, -0.2) is 25.7 Å². The third-order valence-corrected chi connectivity index (χ3v) is 4.12. The average molecular weight is 495 g/mol. The molecule has 2 aromatic heterocycles. The Morgan fingerprint density at radius 2 is 1.82 bits per heavy atom. The van der Waals surface area contributed by atoms with Crippen molar-refractivity contribution in [3.05, 3.63) is 77.4 Å². The van der Waals surface area contributed by atoms with Crippen LogP contribution in [0.25, 0.3) is 0 Å². The predicted octanol–water partition coefficient (Wildman–Crippen LogP) is 2.71. The van der Waals surface area contributed by atoms with Gasteiger partial charge in [0.15, 0.2) is 11.8 Å². The van der Waals surface area contributed by atoms with Crippen molar-refractivity contribution in [1.82, 2.24) is 30.4 Å². The highest BCUT2D eigenvalue weighted by atomic mass is 127. The lowest BCUT2D eigenvalue weighted by molar-refractivity contribution is 0.592. The topological polar surface area (TPSA) is 80.0 Å². The van der Waals surface area contributed by atoms with Crippen molar-refractivity contribution in [2.75, 3.05) is 0 Å². The number of aliphatic imine (C=N–C) groups is 1. The van der Waals surface area contributed by atoms with E-state index in [0.29, 0.717) is 24.7 Å². The second kappa shape index (κ2) is 10.7. The van der Waals surface area contributed by atoms with Gasteiger partial charge in [0.05, 0.1) is 25.3 Å². The second-order valence-corrected chi connectivity index (χ2v) is 6.01. The molecular weight excluding hydrogens is 472 g/mol. The van der Waals surface area contributed by atoms with Crippen molar-refractivity contribution in [2.24, 2.45) is 12.0 Å². The summed E-state index contributed by atoms with van der Waals surface area (Å²) >= 11 is 0. The van der Waals surface area contributed by atoms with E-state index in [9.17, 15) is 4.39 Å². The van der Waals surface area contributed by atoms with Gasteiger partial charge in [-0.3, -0.25) is 4.98 Å². The molecule has 0 saturated carbocycles. The van der Waals surface area contributed by atoms with Crippen LogP contribution in [0.3, 0.4) is 0 Å². The number of halogens is 2. The second-order valence-electron chi connectivity index (χ2n) is 6.01. The van der Waals surface area contributed by atoms with Crippen LogP contribution >= 0.6 is 24.0 Å². The van der Waals surface area contributed by atoms with Crippen molar-refractivity contribution in [2.45, 2.75) is 26.6 Å². The van der Waals surface area contributed by atoms with Crippen LogP contribution in [0.4, 0.5) is 4.39 Å². The zero-order chi connectivity index (χ0) is 19.1. The quantitative estimate of drug-likeness (QED) is 0.313. The Bertz CT molecular complexity index is 912. The number of aryl methyl sites for hydroxylation is 1. The molecule has 148 valence electrons. The monoisotopic (exact) mass is 495 g/mol. The molecule has 0 aliphatic rings. The fourth-order valence-electron chi connectivity index (χ4n) is 2.41. The molecule has 0 radical (unpaired) electrons. The zero-order valence-corrected chi connectivity index (χ0v) is 18.1. The molecule has 2 heterocycles. The molecule has 0 aliphatic carbocycles. The lowest BCUT2D eigenvalue weighted by Gasteiger charge is -2.12. The van der Waals surface area contributed by atoms with E-state index in [1.165, 1.54) is 6.07 Å². The van der Waals surface area contributed by atoms with Crippen molar-refractivity contribution in [3.8, 4) is 0 Å². The van der Waals surface area contributed by atoms with E-state index in [4.69, 9.17) is 0 Å². The molecule has 7 nitrogen and oxygen atoms in total. The van der Waals surface area contributed by atoms with Gasteiger partial charge in [-0.05, 0) is 24.6 Å². The number of nitrogens with one attached hydrogen (secondary N) is 2. The molecule has 0 atom stereocenters. The molecule has 0 saturated heterocycles. The largest absolute Gasteiger partial charge is 0.351 e. The van der Waals surface area contributed by atoms with Gasteiger partial charge in [-0.15, -0.1) is 34.2 Å². The average Bonchev–Trinajstić information content (AvgIpc) is 3.01. The summed E-state index contributed by atoms with van der Waals surface area (Å²) in [5.74, 6) is 1.81. The molecule has 3 rings (SSSR count). The van der Waals surface area contributed by atoms with Crippen molar-refractivity contribution < 1.29 is 4.39 Å². The molecule has 28 heavy (non-hydrogen) atoms.